The summed E-state index contributed by atoms with van der Waals surface area (Å²) in [6.07, 6.45) is 4.08. The van der Waals surface area contributed by atoms with E-state index in [9.17, 15) is 10.4 Å². The molecule has 0 aliphatic rings. The number of hydrogen-bond donors (Lipinski definition) is 0. The third kappa shape index (κ3) is 1.62. The van der Waals surface area contributed by atoms with E-state index < -0.39 is 0 Å². The van der Waals surface area contributed by atoms with E-state index in [0.717, 1.165) is 10.1 Å². The first-order valence-corrected chi connectivity index (χ1v) is 5.41. The standard InChI is InChI=1S/C13H9N3O2/c17-15-8-11(13-5-6-14-9-16(13)18)7-10-3-1-2-4-12(10)15/h1-9H. The smallest absolute Gasteiger partial charge is 0.289 e. The van der Waals surface area contributed by atoms with E-state index in [4.69, 9.17) is 0 Å². The summed E-state index contributed by atoms with van der Waals surface area (Å²) < 4.78 is 1.41. The Labute approximate surface area is 103 Å². The fourth-order valence-electron chi connectivity index (χ4n) is 1.92. The maximum absolute atomic E-state index is 11.9. The van der Waals surface area contributed by atoms with Gasteiger partial charge in [0.25, 0.3) is 6.33 Å². The van der Waals surface area contributed by atoms with Gasteiger partial charge in [0.05, 0.1) is 5.56 Å². The van der Waals surface area contributed by atoms with Crippen molar-refractivity contribution in [3.8, 4) is 11.3 Å². The van der Waals surface area contributed by atoms with Gasteiger partial charge in [0.1, 0.15) is 11.9 Å². The Hall–Kier alpha value is -2.69. The van der Waals surface area contributed by atoms with E-state index in [-0.39, 0.29) is 0 Å². The Bertz CT molecular complexity index is 728. The fourth-order valence-corrected chi connectivity index (χ4v) is 1.92. The van der Waals surface area contributed by atoms with Crippen LogP contribution in [0.25, 0.3) is 22.2 Å². The molecule has 5 nitrogen and oxygen atoms in total. The summed E-state index contributed by atoms with van der Waals surface area (Å²) in [6.45, 7) is 0. The molecule has 0 saturated heterocycles. The molecule has 5 heteroatoms. The van der Waals surface area contributed by atoms with E-state index in [2.05, 4.69) is 4.98 Å². The zero-order valence-corrected chi connectivity index (χ0v) is 9.35. The number of para-hydroxylation sites is 1. The molecule has 88 valence electrons. The average Bonchev–Trinajstić information content (AvgIpc) is 2.39. The van der Waals surface area contributed by atoms with Gasteiger partial charge in [-0.15, -0.1) is 0 Å². The predicted molar refractivity (Wildman–Crippen MR) is 65.1 cm³/mol. The molecule has 0 bridgehead atoms. The van der Waals surface area contributed by atoms with E-state index >= 15 is 0 Å². The molecule has 0 radical (unpaired) electrons. The van der Waals surface area contributed by atoms with E-state index in [0.29, 0.717) is 21.5 Å². The molecule has 0 aliphatic carbocycles. The number of benzene rings is 1. The second kappa shape index (κ2) is 3.96. The quantitative estimate of drug-likeness (QED) is 0.473. The average molecular weight is 239 g/mol. The molecule has 0 fully saturated rings. The molecule has 2 aromatic heterocycles. The lowest BCUT2D eigenvalue weighted by molar-refractivity contribution is -0.599. The van der Waals surface area contributed by atoms with Crippen LogP contribution in [0.2, 0.25) is 0 Å². The Balaban J connectivity index is 2.28. The SMILES string of the molecule is [O-][n+]1cnccc1-c1cc2ccccc2[n+]([O-])c1. The molecule has 1 aromatic carbocycles. The number of hydrogen-bond acceptors (Lipinski definition) is 3. The molecule has 0 atom stereocenters. The summed E-state index contributed by atoms with van der Waals surface area (Å²) in [4.78, 5) is 3.72. The van der Waals surface area contributed by atoms with Gasteiger partial charge in [-0.25, -0.2) is 4.73 Å². The van der Waals surface area contributed by atoms with Gasteiger partial charge in [0, 0.05) is 17.5 Å². The highest BCUT2D eigenvalue weighted by Crippen LogP contribution is 2.18. The van der Waals surface area contributed by atoms with Crippen LogP contribution in [0.4, 0.5) is 0 Å². The minimum absolute atomic E-state index is 0.403. The van der Waals surface area contributed by atoms with Crippen molar-refractivity contribution < 1.29 is 9.46 Å². The first-order valence-electron chi connectivity index (χ1n) is 5.41. The summed E-state index contributed by atoms with van der Waals surface area (Å²) >= 11 is 0. The number of rotatable bonds is 1. The summed E-state index contributed by atoms with van der Waals surface area (Å²) in [5.74, 6) is 0. The summed E-state index contributed by atoms with van der Waals surface area (Å²) in [5, 5.41) is 24.3. The lowest BCUT2D eigenvalue weighted by Gasteiger charge is -2.08. The number of pyridine rings is 1. The van der Waals surface area contributed by atoms with Gasteiger partial charge in [-0.05, 0) is 12.1 Å². The molecular formula is C13H9N3O2. The van der Waals surface area contributed by atoms with Crippen LogP contribution >= 0.6 is 0 Å². The van der Waals surface area contributed by atoms with Gasteiger partial charge in [0.15, 0.2) is 6.20 Å². The lowest BCUT2D eigenvalue weighted by Crippen LogP contribution is -2.31. The fraction of sp³-hybridized carbons (Fsp3) is 0. The van der Waals surface area contributed by atoms with E-state index in [1.54, 1.807) is 18.2 Å². The van der Waals surface area contributed by atoms with Crippen LogP contribution in [0.1, 0.15) is 0 Å². The van der Waals surface area contributed by atoms with Crippen molar-refractivity contribution in [2.24, 2.45) is 0 Å². The zero-order valence-electron chi connectivity index (χ0n) is 9.35. The molecular weight excluding hydrogens is 230 g/mol. The third-order valence-electron chi connectivity index (χ3n) is 2.76. The first-order chi connectivity index (χ1) is 8.75. The highest BCUT2D eigenvalue weighted by Gasteiger charge is 2.11. The van der Waals surface area contributed by atoms with Crippen LogP contribution in [-0.2, 0) is 0 Å². The van der Waals surface area contributed by atoms with Crippen LogP contribution in [0, 0.1) is 10.4 Å². The normalized spacial score (nSPS) is 10.7. The van der Waals surface area contributed by atoms with Crippen molar-refractivity contribution in [1.29, 1.82) is 0 Å². The monoisotopic (exact) mass is 239 g/mol. The number of aromatic nitrogens is 3. The zero-order chi connectivity index (χ0) is 12.5. The van der Waals surface area contributed by atoms with Gasteiger partial charge in [-0.1, -0.05) is 17.1 Å². The van der Waals surface area contributed by atoms with Gasteiger partial charge >= 0.3 is 0 Å². The molecule has 0 N–H and O–H groups in total. The van der Waals surface area contributed by atoms with Crippen molar-refractivity contribution in [1.82, 2.24) is 4.98 Å². The van der Waals surface area contributed by atoms with Crippen molar-refractivity contribution in [3.05, 3.63) is 65.5 Å². The highest BCUT2D eigenvalue weighted by atomic mass is 16.5. The molecule has 18 heavy (non-hydrogen) atoms. The lowest BCUT2D eigenvalue weighted by atomic mass is 10.1. The van der Waals surface area contributed by atoms with Gasteiger partial charge in [-0.2, -0.15) is 4.73 Å². The largest absolute Gasteiger partial charge is 0.710 e. The molecule has 0 amide bonds. The topological polar surface area (TPSA) is 66.8 Å². The Morgan fingerprint density at radius 3 is 2.67 bits per heavy atom. The molecule has 3 rings (SSSR count). The first kappa shape index (κ1) is 10.5. The minimum Gasteiger partial charge on any atom is -0.710 e. The van der Waals surface area contributed by atoms with E-state index in [1.165, 1.54) is 18.7 Å². The highest BCUT2D eigenvalue weighted by molar-refractivity contribution is 5.79. The number of fused-ring (bicyclic) bond motifs is 1. The Morgan fingerprint density at radius 1 is 1.00 bits per heavy atom. The van der Waals surface area contributed by atoms with Gasteiger partial charge < -0.3 is 10.4 Å². The van der Waals surface area contributed by atoms with Crippen LogP contribution in [0.5, 0.6) is 0 Å². The van der Waals surface area contributed by atoms with Crippen molar-refractivity contribution in [2.75, 3.05) is 0 Å². The molecule has 0 aliphatic heterocycles. The second-order valence-corrected chi connectivity index (χ2v) is 3.90. The van der Waals surface area contributed by atoms with Crippen LogP contribution in [0.3, 0.4) is 0 Å². The predicted octanol–water partition coefficient (Wildman–Crippen LogP) is 1.17. The third-order valence-corrected chi connectivity index (χ3v) is 2.76. The van der Waals surface area contributed by atoms with Gasteiger partial charge in [0.2, 0.25) is 5.52 Å². The summed E-state index contributed by atoms with van der Waals surface area (Å²) in [7, 11) is 0. The van der Waals surface area contributed by atoms with Crippen molar-refractivity contribution in [3.63, 3.8) is 0 Å². The molecule has 0 unspecified atom stereocenters. The maximum atomic E-state index is 11.9. The Morgan fingerprint density at radius 2 is 1.83 bits per heavy atom. The summed E-state index contributed by atoms with van der Waals surface area (Å²) in [5.41, 5.74) is 1.55. The minimum atomic E-state index is 0.403. The molecule has 0 spiro atoms. The van der Waals surface area contributed by atoms with Crippen LogP contribution < -0.4 is 9.46 Å². The van der Waals surface area contributed by atoms with Gasteiger partial charge in [-0.3, -0.25) is 0 Å². The second-order valence-electron chi connectivity index (χ2n) is 3.90. The molecule has 0 saturated carbocycles. The maximum Gasteiger partial charge on any atom is 0.289 e. The van der Waals surface area contributed by atoms with Crippen LogP contribution in [0.15, 0.2) is 55.1 Å². The number of nitrogens with zero attached hydrogens (tertiary/aromatic N) is 3. The van der Waals surface area contributed by atoms with Crippen molar-refractivity contribution >= 4 is 10.9 Å². The summed E-state index contributed by atoms with van der Waals surface area (Å²) in [6, 6.07) is 10.6. The molecule has 2 heterocycles. The molecule has 3 aromatic rings. The van der Waals surface area contributed by atoms with Crippen molar-refractivity contribution in [2.45, 2.75) is 0 Å². The van der Waals surface area contributed by atoms with E-state index in [1.807, 2.05) is 18.2 Å². The Kier molecular flexibility index (Phi) is 2.30. The van der Waals surface area contributed by atoms with Crippen LogP contribution in [-0.4, -0.2) is 4.98 Å².